The maximum Gasteiger partial charge on any atom is 0.201 e. The third-order valence-electron chi connectivity index (χ3n) is 4.38. The van der Waals surface area contributed by atoms with Gasteiger partial charge in [0.2, 0.25) is 5.78 Å². The van der Waals surface area contributed by atoms with Gasteiger partial charge in [0.1, 0.15) is 0 Å². The van der Waals surface area contributed by atoms with Gasteiger partial charge in [-0.25, -0.2) is 4.98 Å². The van der Waals surface area contributed by atoms with Crippen LogP contribution in [-0.2, 0) is 6.54 Å². The molecule has 0 radical (unpaired) electrons. The molecule has 2 fully saturated rings. The number of imidazole rings is 1. The van der Waals surface area contributed by atoms with Crippen LogP contribution in [0.25, 0.3) is 0 Å². The number of nitrogens with one attached hydrogen (secondary N) is 1. The lowest BCUT2D eigenvalue weighted by molar-refractivity contribution is 0.0926. The Labute approximate surface area is 101 Å². The van der Waals surface area contributed by atoms with Gasteiger partial charge in [-0.3, -0.25) is 4.79 Å². The molecule has 1 atom stereocenters. The van der Waals surface area contributed by atoms with Crippen molar-refractivity contribution in [1.82, 2.24) is 14.9 Å². The summed E-state index contributed by atoms with van der Waals surface area (Å²) < 4.78 is 1.95. The predicted octanol–water partition coefficient (Wildman–Crippen LogP) is 1.48. The molecule has 0 aromatic carbocycles. The summed E-state index contributed by atoms with van der Waals surface area (Å²) >= 11 is 0. The first-order valence-corrected chi connectivity index (χ1v) is 6.53. The lowest BCUT2D eigenvalue weighted by Crippen LogP contribution is -2.31. The molecule has 2 aliphatic rings. The molecule has 3 rings (SSSR count). The first-order valence-electron chi connectivity index (χ1n) is 6.53. The van der Waals surface area contributed by atoms with E-state index in [1.807, 2.05) is 17.7 Å². The second kappa shape index (κ2) is 3.95. The average molecular weight is 233 g/mol. The fourth-order valence-corrected chi connectivity index (χ4v) is 3.14. The lowest BCUT2D eigenvalue weighted by atomic mass is 9.90. The van der Waals surface area contributed by atoms with Gasteiger partial charge in [0, 0.05) is 24.9 Å². The summed E-state index contributed by atoms with van der Waals surface area (Å²) in [7, 11) is 0. The van der Waals surface area contributed by atoms with E-state index in [9.17, 15) is 4.79 Å². The van der Waals surface area contributed by atoms with E-state index in [1.165, 1.54) is 0 Å². The average Bonchev–Trinajstić information content (AvgIpc) is 2.86. The predicted molar refractivity (Wildman–Crippen MR) is 64.9 cm³/mol. The number of carbonyl (C=O) groups is 1. The number of Topliss-reactive ketones (excluding diaryl/α,β-unsaturated/α-hetero) is 1. The molecule has 1 aromatic rings. The number of ketones is 1. The van der Waals surface area contributed by atoms with E-state index in [2.05, 4.69) is 10.3 Å². The van der Waals surface area contributed by atoms with Crippen molar-refractivity contribution in [1.29, 1.82) is 0 Å². The fraction of sp³-hybridized carbons (Fsp3) is 0.692. The van der Waals surface area contributed by atoms with Crippen molar-refractivity contribution >= 4 is 5.78 Å². The maximum absolute atomic E-state index is 12.4. The molecule has 1 N–H and O–H groups in total. The number of rotatable bonds is 3. The number of hydrogen-bond donors (Lipinski definition) is 1. The van der Waals surface area contributed by atoms with Crippen LogP contribution in [0, 0.1) is 11.3 Å². The highest BCUT2D eigenvalue weighted by atomic mass is 16.1. The lowest BCUT2D eigenvalue weighted by Gasteiger charge is -2.23. The fourth-order valence-electron chi connectivity index (χ4n) is 3.14. The number of nitrogens with zero attached hydrogens (tertiary/aromatic N) is 2. The molecule has 4 nitrogen and oxygen atoms in total. The Hall–Kier alpha value is -1.16. The Kier molecular flexibility index (Phi) is 2.54. The standard InChI is InChI=1S/C13H19N3O/c1-2-16-8-7-15-12(16)11(17)10-9-13(10)3-5-14-6-4-13/h7-8,10,14H,2-6,9H2,1H3. The van der Waals surface area contributed by atoms with E-state index in [0.29, 0.717) is 11.2 Å². The van der Waals surface area contributed by atoms with Crippen LogP contribution in [0.3, 0.4) is 0 Å². The normalized spacial score (nSPS) is 26.1. The summed E-state index contributed by atoms with van der Waals surface area (Å²) in [5.41, 5.74) is 0.312. The minimum atomic E-state index is 0.234. The summed E-state index contributed by atoms with van der Waals surface area (Å²) in [5.74, 6) is 1.16. The Morgan fingerprint density at radius 3 is 3.06 bits per heavy atom. The molecule has 2 heterocycles. The number of aryl methyl sites for hydroxylation is 1. The van der Waals surface area contributed by atoms with Crippen molar-refractivity contribution < 1.29 is 4.79 Å². The smallest absolute Gasteiger partial charge is 0.201 e. The van der Waals surface area contributed by atoms with Gasteiger partial charge in [-0.05, 0) is 44.7 Å². The van der Waals surface area contributed by atoms with Gasteiger partial charge < -0.3 is 9.88 Å². The second-order valence-corrected chi connectivity index (χ2v) is 5.27. The summed E-state index contributed by atoms with van der Waals surface area (Å²) in [6, 6.07) is 0. The number of hydrogen-bond acceptors (Lipinski definition) is 3. The van der Waals surface area contributed by atoms with Crippen molar-refractivity contribution in [2.45, 2.75) is 32.7 Å². The van der Waals surface area contributed by atoms with Crippen molar-refractivity contribution in [2.75, 3.05) is 13.1 Å². The molecule has 1 aliphatic heterocycles. The van der Waals surface area contributed by atoms with Crippen LogP contribution in [-0.4, -0.2) is 28.4 Å². The highest BCUT2D eigenvalue weighted by molar-refractivity contribution is 5.97. The first-order chi connectivity index (χ1) is 8.27. The van der Waals surface area contributed by atoms with Gasteiger partial charge in [0.25, 0.3) is 0 Å². The molecule has 92 valence electrons. The zero-order valence-corrected chi connectivity index (χ0v) is 10.3. The van der Waals surface area contributed by atoms with Crippen LogP contribution in [0.5, 0.6) is 0 Å². The van der Waals surface area contributed by atoms with E-state index < -0.39 is 0 Å². The minimum Gasteiger partial charge on any atom is -0.329 e. The van der Waals surface area contributed by atoms with Crippen molar-refractivity contribution in [2.24, 2.45) is 11.3 Å². The Morgan fingerprint density at radius 1 is 1.59 bits per heavy atom. The van der Waals surface area contributed by atoms with Gasteiger partial charge in [-0.1, -0.05) is 0 Å². The molecule has 1 spiro atoms. The van der Waals surface area contributed by atoms with Crippen LogP contribution in [0.2, 0.25) is 0 Å². The molecule has 1 aliphatic carbocycles. The van der Waals surface area contributed by atoms with Gasteiger partial charge in [-0.2, -0.15) is 0 Å². The van der Waals surface area contributed by atoms with Crippen molar-refractivity contribution in [3.05, 3.63) is 18.2 Å². The van der Waals surface area contributed by atoms with Crippen molar-refractivity contribution in [3.8, 4) is 0 Å². The zero-order chi connectivity index (χ0) is 11.9. The van der Waals surface area contributed by atoms with Crippen LogP contribution < -0.4 is 5.32 Å². The first kappa shape index (κ1) is 11.0. The molecule has 1 saturated carbocycles. The Morgan fingerprint density at radius 2 is 2.35 bits per heavy atom. The third-order valence-corrected chi connectivity index (χ3v) is 4.38. The van der Waals surface area contributed by atoms with Gasteiger partial charge >= 0.3 is 0 Å². The Bertz CT molecular complexity index is 432. The van der Waals surface area contributed by atoms with E-state index >= 15 is 0 Å². The SMILES string of the molecule is CCn1ccnc1C(=O)C1CC12CCNCC2. The van der Waals surface area contributed by atoms with E-state index in [1.54, 1.807) is 6.20 Å². The number of piperidine rings is 1. The molecular weight excluding hydrogens is 214 g/mol. The van der Waals surface area contributed by atoms with E-state index in [0.717, 1.165) is 38.9 Å². The van der Waals surface area contributed by atoms with Gasteiger partial charge in [-0.15, -0.1) is 0 Å². The number of aromatic nitrogens is 2. The molecule has 1 saturated heterocycles. The molecule has 1 unspecified atom stereocenters. The molecular formula is C13H19N3O. The number of carbonyl (C=O) groups excluding carboxylic acids is 1. The summed E-state index contributed by atoms with van der Waals surface area (Å²) in [4.78, 5) is 16.6. The quantitative estimate of drug-likeness (QED) is 0.804. The summed E-state index contributed by atoms with van der Waals surface area (Å²) in [6.45, 7) is 4.99. The van der Waals surface area contributed by atoms with Gasteiger partial charge in [0.15, 0.2) is 5.82 Å². The molecule has 0 amide bonds. The van der Waals surface area contributed by atoms with Crippen LogP contribution in [0.4, 0.5) is 0 Å². The van der Waals surface area contributed by atoms with E-state index in [4.69, 9.17) is 0 Å². The van der Waals surface area contributed by atoms with Crippen LogP contribution >= 0.6 is 0 Å². The summed E-state index contributed by atoms with van der Waals surface area (Å²) in [5, 5.41) is 3.37. The van der Waals surface area contributed by atoms with Crippen LogP contribution in [0.1, 0.15) is 36.8 Å². The minimum absolute atomic E-state index is 0.234. The molecule has 17 heavy (non-hydrogen) atoms. The highest BCUT2D eigenvalue weighted by Crippen LogP contribution is 2.59. The molecule has 1 aromatic heterocycles. The monoisotopic (exact) mass is 233 g/mol. The van der Waals surface area contributed by atoms with Crippen molar-refractivity contribution in [3.63, 3.8) is 0 Å². The topological polar surface area (TPSA) is 46.9 Å². The summed E-state index contributed by atoms with van der Waals surface area (Å²) in [6.07, 6.45) is 7.00. The Balaban J connectivity index is 1.76. The maximum atomic E-state index is 12.4. The highest BCUT2D eigenvalue weighted by Gasteiger charge is 2.58. The van der Waals surface area contributed by atoms with Crippen LogP contribution in [0.15, 0.2) is 12.4 Å². The molecule has 0 bridgehead atoms. The second-order valence-electron chi connectivity index (χ2n) is 5.27. The van der Waals surface area contributed by atoms with E-state index in [-0.39, 0.29) is 11.7 Å². The zero-order valence-electron chi connectivity index (χ0n) is 10.3. The molecule has 4 heteroatoms. The largest absolute Gasteiger partial charge is 0.329 e. The van der Waals surface area contributed by atoms with Gasteiger partial charge in [0.05, 0.1) is 0 Å². The third kappa shape index (κ3) is 1.71.